The molecule has 3 aromatic rings. The van der Waals surface area contributed by atoms with Crippen LogP contribution in [0.2, 0.25) is 0 Å². The molecule has 0 spiro atoms. The molecular formula is C20H22N4O6S3. The number of aromatic nitrogens is 1. The van der Waals surface area contributed by atoms with Gasteiger partial charge in [-0.2, -0.15) is 9.30 Å². The highest BCUT2D eigenvalue weighted by atomic mass is 32.2. The Hall–Kier alpha value is -2.45. The quantitative estimate of drug-likeness (QED) is 0.356. The van der Waals surface area contributed by atoms with Gasteiger partial charge in [-0.05, 0) is 30.4 Å². The number of carbonyl (C=O) groups is 1. The third-order valence-corrected chi connectivity index (χ3v) is 9.81. The summed E-state index contributed by atoms with van der Waals surface area (Å²) < 4.78 is 34.8. The number of amides is 1. The number of sulfonamides is 1. The molecule has 0 unspecified atom stereocenters. The fourth-order valence-electron chi connectivity index (χ4n) is 3.73. The number of fused-ring (bicyclic) bond motifs is 1. The van der Waals surface area contributed by atoms with Gasteiger partial charge in [-0.3, -0.25) is 14.9 Å². The van der Waals surface area contributed by atoms with Crippen molar-refractivity contribution in [1.82, 2.24) is 8.87 Å². The molecule has 0 aliphatic carbocycles. The van der Waals surface area contributed by atoms with E-state index in [9.17, 15) is 23.3 Å². The lowest BCUT2D eigenvalue weighted by molar-refractivity contribution is -0.384. The third-order valence-electron chi connectivity index (χ3n) is 5.49. The van der Waals surface area contributed by atoms with Gasteiger partial charge in [0, 0.05) is 44.8 Å². The monoisotopic (exact) mass is 510 g/mol. The average molecular weight is 511 g/mol. The van der Waals surface area contributed by atoms with E-state index < -0.39 is 14.9 Å². The van der Waals surface area contributed by atoms with Crippen molar-refractivity contribution in [2.45, 2.75) is 23.6 Å². The zero-order valence-electron chi connectivity index (χ0n) is 17.7. The molecule has 1 saturated heterocycles. The summed E-state index contributed by atoms with van der Waals surface area (Å²) in [5.74, 6) is -0.689. The Morgan fingerprint density at radius 2 is 2.06 bits per heavy atom. The molecule has 1 aliphatic heterocycles. The molecule has 1 aromatic carbocycles. The molecule has 13 heteroatoms. The zero-order valence-corrected chi connectivity index (χ0v) is 20.2. The first kappa shape index (κ1) is 23.7. The zero-order chi connectivity index (χ0) is 23.6. The lowest BCUT2D eigenvalue weighted by Crippen LogP contribution is -2.40. The van der Waals surface area contributed by atoms with E-state index in [1.807, 2.05) is 4.57 Å². The number of benzene rings is 1. The molecule has 1 aliphatic rings. The normalized spacial score (nSPS) is 16.5. The average Bonchev–Trinajstić information content (AvgIpc) is 3.46. The molecule has 0 saturated carbocycles. The molecule has 2 aromatic heterocycles. The lowest BCUT2D eigenvalue weighted by atomic mass is 9.98. The second-order valence-electron chi connectivity index (χ2n) is 7.50. The van der Waals surface area contributed by atoms with E-state index >= 15 is 0 Å². The van der Waals surface area contributed by atoms with Crippen molar-refractivity contribution in [3.8, 4) is 0 Å². The number of thiazole rings is 1. The number of carbonyl (C=O) groups excluding carboxylic acids is 1. The minimum Gasteiger partial charge on any atom is -0.383 e. The summed E-state index contributed by atoms with van der Waals surface area (Å²) in [6.45, 7) is 1.35. The van der Waals surface area contributed by atoms with Crippen LogP contribution in [-0.4, -0.2) is 54.9 Å². The van der Waals surface area contributed by atoms with Crippen LogP contribution in [0.1, 0.15) is 12.8 Å². The Balaban J connectivity index is 1.56. The minimum absolute atomic E-state index is 0.0279. The van der Waals surface area contributed by atoms with Gasteiger partial charge in [0.15, 0.2) is 4.80 Å². The first-order valence-corrected chi connectivity index (χ1v) is 13.3. The van der Waals surface area contributed by atoms with Crippen LogP contribution in [-0.2, 0) is 26.1 Å². The van der Waals surface area contributed by atoms with E-state index in [2.05, 4.69) is 4.99 Å². The molecule has 4 rings (SSSR count). The Morgan fingerprint density at radius 3 is 2.70 bits per heavy atom. The molecule has 10 nitrogen and oxygen atoms in total. The number of thiophene rings is 1. The van der Waals surface area contributed by atoms with Crippen molar-refractivity contribution in [3.05, 3.63) is 50.6 Å². The van der Waals surface area contributed by atoms with Crippen LogP contribution in [0, 0.1) is 16.0 Å². The van der Waals surface area contributed by atoms with Crippen LogP contribution in [0.25, 0.3) is 10.2 Å². The van der Waals surface area contributed by atoms with Gasteiger partial charge in [0.25, 0.3) is 21.6 Å². The summed E-state index contributed by atoms with van der Waals surface area (Å²) in [6, 6.07) is 7.83. The van der Waals surface area contributed by atoms with Crippen molar-refractivity contribution in [2.75, 3.05) is 26.8 Å². The number of piperidine rings is 1. The highest BCUT2D eigenvalue weighted by Gasteiger charge is 2.32. The first-order valence-electron chi connectivity index (χ1n) is 10.2. The fourth-order valence-corrected chi connectivity index (χ4v) is 7.43. The van der Waals surface area contributed by atoms with Crippen LogP contribution in [0.4, 0.5) is 5.69 Å². The molecule has 3 heterocycles. The maximum Gasteiger partial charge on any atom is 0.270 e. The van der Waals surface area contributed by atoms with Gasteiger partial charge < -0.3 is 9.30 Å². The fraction of sp³-hybridized carbons (Fsp3) is 0.400. The Bertz CT molecular complexity index is 1340. The SMILES string of the molecule is COCCn1c(=NC(=O)C2CCN(S(=O)(=O)c3cccs3)CC2)sc2cc([N+](=O)[O-])ccc21. The largest absolute Gasteiger partial charge is 0.383 e. The highest BCUT2D eigenvalue weighted by Crippen LogP contribution is 2.27. The standard InChI is InChI=1S/C20H22N4O6S3/c1-30-11-10-23-16-5-4-15(24(26)27)13-17(16)32-20(23)21-19(25)14-6-8-22(9-7-14)33(28,29)18-3-2-12-31-18/h2-5,12-14H,6-11H2,1H3. The van der Waals surface area contributed by atoms with Gasteiger partial charge in [-0.15, -0.1) is 11.3 Å². The maximum atomic E-state index is 13.0. The summed E-state index contributed by atoms with van der Waals surface area (Å²) in [4.78, 5) is 28.4. The number of rotatable bonds is 7. The lowest BCUT2D eigenvalue weighted by Gasteiger charge is -2.29. The van der Waals surface area contributed by atoms with E-state index in [0.717, 1.165) is 5.52 Å². The summed E-state index contributed by atoms with van der Waals surface area (Å²) in [5.41, 5.74) is 0.714. The summed E-state index contributed by atoms with van der Waals surface area (Å²) in [7, 11) is -1.96. The van der Waals surface area contributed by atoms with Crippen molar-refractivity contribution in [2.24, 2.45) is 10.9 Å². The van der Waals surface area contributed by atoms with Gasteiger partial charge in [0.1, 0.15) is 4.21 Å². The number of hydrogen-bond acceptors (Lipinski definition) is 8. The van der Waals surface area contributed by atoms with Crippen molar-refractivity contribution in [1.29, 1.82) is 0 Å². The molecule has 33 heavy (non-hydrogen) atoms. The van der Waals surface area contributed by atoms with Crippen molar-refractivity contribution >= 4 is 54.5 Å². The second-order valence-corrected chi connectivity index (χ2v) is 11.6. The molecule has 0 bridgehead atoms. The predicted octanol–water partition coefficient (Wildman–Crippen LogP) is 2.85. The minimum atomic E-state index is -3.53. The molecule has 1 fully saturated rings. The van der Waals surface area contributed by atoms with Gasteiger partial charge >= 0.3 is 0 Å². The van der Waals surface area contributed by atoms with E-state index in [4.69, 9.17) is 4.74 Å². The maximum absolute atomic E-state index is 13.0. The Morgan fingerprint density at radius 1 is 1.30 bits per heavy atom. The van der Waals surface area contributed by atoms with E-state index in [1.54, 1.807) is 30.7 Å². The number of non-ortho nitro benzene ring substituents is 1. The second kappa shape index (κ2) is 9.81. The first-order chi connectivity index (χ1) is 15.8. The molecule has 176 valence electrons. The number of methoxy groups -OCH3 is 1. The Labute approximate surface area is 198 Å². The Kier molecular flexibility index (Phi) is 7.05. The van der Waals surface area contributed by atoms with Crippen molar-refractivity contribution in [3.63, 3.8) is 0 Å². The number of nitro groups is 1. The van der Waals surface area contributed by atoms with Crippen LogP contribution < -0.4 is 4.80 Å². The van der Waals surface area contributed by atoms with Gasteiger partial charge in [0.2, 0.25) is 0 Å². The van der Waals surface area contributed by atoms with Crippen LogP contribution in [0.3, 0.4) is 0 Å². The number of hydrogen-bond donors (Lipinski definition) is 0. The molecule has 0 N–H and O–H groups in total. The van der Waals surface area contributed by atoms with E-state index in [1.165, 1.54) is 39.1 Å². The smallest absolute Gasteiger partial charge is 0.270 e. The predicted molar refractivity (Wildman–Crippen MR) is 125 cm³/mol. The summed E-state index contributed by atoms with van der Waals surface area (Å²) >= 11 is 2.39. The van der Waals surface area contributed by atoms with E-state index in [0.29, 0.717) is 39.7 Å². The molecule has 1 amide bonds. The topological polar surface area (TPSA) is 124 Å². The summed E-state index contributed by atoms with van der Waals surface area (Å²) in [5, 5.41) is 12.8. The molecular weight excluding hydrogens is 488 g/mol. The van der Waals surface area contributed by atoms with Gasteiger partial charge in [-0.1, -0.05) is 17.4 Å². The molecule has 0 atom stereocenters. The number of ether oxygens (including phenoxy) is 1. The van der Waals surface area contributed by atoms with Crippen LogP contribution >= 0.6 is 22.7 Å². The van der Waals surface area contributed by atoms with E-state index in [-0.39, 0.29) is 30.6 Å². The third kappa shape index (κ3) is 4.92. The number of nitro benzene ring substituents is 1. The molecule has 0 radical (unpaired) electrons. The summed E-state index contributed by atoms with van der Waals surface area (Å²) in [6.07, 6.45) is 0.781. The highest BCUT2D eigenvalue weighted by molar-refractivity contribution is 7.91. The van der Waals surface area contributed by atoms with Crippen LogP contribution in [0.5, 0.6) is 0 Å². The van der Waals surface area contributed by atoms with Crippen molar-refractivity contribution < 1.29 is 22.9 Å². The van der Waals surface area contributed by atoms with Gasteiger partial charge in [-0.25, -0.2) is 8.42 Å². The van der Waals surface area contributed by atoms with Crippen LogP contribution in [0.15, 0.2) is 44.9 Å². The number of nitrogens with zero attached hydrogens (tertiary/aromatic N) is 4. The van der Waals surface area contributed by atoms with Gasteiger partial charge in [0.05, 0.1) is 21.7 Å².